The summed E-state index contributed by atoms with van der Waals surface area (Å²) in [7, 11) is 0. The van der Waals surface area contributed by atoms with Crippen molar-refractivity contribution < 1.29 is 0 Å². The number of rotatable bonds is 5. The number of aromatic nitrogens is 2. The number of benzene rings is 1. The summed E-state index contributed by atoms with van der Waals surface area (Å²) >= 11 is 1.73. The van der Waals surface area contributed by atoms with Crippen LogP contribution < -0.4 is 11.1 Å². The first-order chi connectivity index (χ1) is 10.2. The standard InChI is InChI=1S/C16H18N4S/c1-11-10-21-15(20-11)3-2-7-18-16-14-5-4-13(17)9-12(14)6-8-19-16/h4-6,8-10H,2-3,7,17H2,1H3,(H,18,19). The first kappa shape index (κ1) is 13.8. The molecule has 4 nitrogen and oxygen atoms in total. The van der Waals surface area contributed by atoms with Crippen LogP contribution in [-0.2, 0) is 6.42 Å². The van der Waals surface area contributed by atoms with Crippen LogP contribution in [0.1, 0.15) is 17.1 Å². The Labute approximate surface area is 128 Å². The van der Waals surface area contributed by atoms with E-state index >= 15 is 0 Å². The van der Waals surface area contributed by atoms with E-state index in [4.69, 9.17) is 5.73 Å². The minimum atomic E-state index is 0.777. The van der Waals surface area contributed by atoms with Crippen LogP contribution in [-0.4, -0.2) is 16.5 Å². The van der Waals surface area contributed by atoms with Crippen molar-refractivity contribution in [1.82, 2.24) is 9.97 Å². The maximum Gasteiger partial charge on any atom is 0.133 e. The van der Waals surface area contributed by atoms with Crippen LogP contribution in [0.2, 0.25) is 0 Å². The molecule has 0 aliphatic heterocycles. The highest BCUT2D eigenvalue weighted by Gasteiger charge is 2.03. The topological polar surface area (TPSA) is 63.8 Å². The predicted molar refractivity (Wildman–Crippen MR) is 89.8 cm³/mol. The highest BCUT2D eigenvalue weighted by Crippen LogP contribution is 2.23. The van der Waals surface area contributed by atoms with E-state index < -0.39 is 0 Å². The number of aryl methyl sites for hydroxylation is 2. The lowest BCUT2D eigenvalue weighted by atomic mass is 10.1. The molecular formula is C16H18N4S. The first-order valence-electron chi connectivity index (χ1n) is 7.01. The zero-order valence-electron chi connectivity index (χ0n) is 12.0. The fourth-order valence-corrected chi connectivity index (χ4v) is 3.12. The normalized spacial score (nSPS) is 10.9. The minimum absolute atomic E-state index is 0.777. The van der Waals surface area contributed by atoms with Crippen LogP contribution in [0.3, 0.4) is 0 Å². The van der Waals surface area contributed by atoms with Crippen molar-refractivity contribution in [3.8, 4) is 0 Å². The second-order valence-electron chi connectivity index (χ2n) is 5.05. The molecule has 3 rings (SSSR count). The van der Waals surface area contributed by atoms with Crippen LogP contribution in [0.15, 0.2) is 35.8 Å². The Balaban J connectivity index is 1.63. The minimum Gasteiger partial charge on any atom is -0.399 e. The molecule has 0 saturated carbocycles. The lowest BCUT2D eigenvalue weighted by molar-refractivity contribution is 0.849. The van der Waals surface area contributed by atoms with Crippen molar-refractivity contribution in [3.63, 3.8) is 0 Å². The molecule has 0 unspecified atom stereocenters. The second kappa shape index (κ2) is 6.10. The van der Waals surface area contributed by atoms with E-state index in [2.05, 4.69) is 20.7 Å². The number of hydrogen-bond donors (Lipinski definition) is 2. The largest absolute Gasteiger partial charge is 0.399 e. The van der Waals surface area contributed by atoms with Crippen LogP contribution in [0.4, 0.5) is 11.5 Å². The number of hydrogen-bond acceptors (Lipinski definition) is 5. The summed E-state index contributed by atoms with van der Waals surface area (Å²) < 4.78 is 0. The van der Waals surface area contributed by atoms with Crippen LogP contribution in [0.5, 0.6) is 0 Å². The summed E-state index contributed by atoms with van der Waals surface area (Å²) in [5.41, 5.74) is 7.70. The summed E-state index contributed by atoms with van der Waals surface area (Å²) in [5.74, 6) is 0.919. The monoisotopic (exact) mass is 298 g/mol. The smallest absolute Gasteiger partial charge is 0.133 e. The molecule has 0 amide bonds. The van der Waals surface area contributed by atoms with Gasteiger partial charge in [-0.1, -0.05) is 0 Å². The van der Waals surface area contributed by atoms with Crippen molar-refractivity contribution in [1.29, 1.82) is 0 Å². The van der Waals surface area contributed by atoms with Gasteiger partial charge >= 0.3 is 0 Å². The molecule has 0 saturated heterocycles. The number of pyridine rings is 1. The Bertz CT molecular complexity index is 751. The summed E-state index contributed by atoms with van der Waals surface area (Å²) in [5, 5.41) is 8.93. The molecule has 2 heterocycles. The Morgan fingerprint density at radius 2 is 2.19 bits per heavy atom. The van der Waals surface area contributed by atoms with Crippen molar-refractivity contribution in [2.75, 3.05) is 17.6 Å². The van der Waals surface area contributed by atoms with Gasteiger partial charge in [0.05, 0.1) is 5.01 Å². The molecule has 0 radical (unpaired) electrons. The Kier molecular flexibility index (Phi) is 4.01. The average Bonchev–Trinajstić information content (AvgIpc) is 2.89. The maximum absolute atomic E-state index is 5.82. The highest BCUT2D eigenvalue weighted by atomic mass is 32.1. The molecule has 1 aromatic carbocycles. The highest BCUT2D eigenvalue weighted by molar-refractivity contribution is 7.09. The Hall–Kier alpha value is -2.14. The Morgan fingerprint density at radius 1 is 1.29 bits per heavy atom. The number of fused-ring (bicyclic) bond motifs is 1. The molecule has 3 aromatic rings. The molecule has 0 spiro atoms. The molecule has 108 valence electrons. The van der Waals surface area contributed by atoms with E-state index in [0.29, 0.717) is 0 Å². The molecule has 21 heavy (non-hydrogen) atoms. The molecule has 0 fully saturated rings. The Morgan fingerprint density at radius 3 is 3.00 bits per heavy atom. The molecule has 5 heteroatoms. The number of nitrogens with zero attached hydrogens (tertiary/aromatic N) is 2. The summed E-state index contributed by atoms with van der Waals surface area (Å²) in [6.45, 7) is 2.92. The van der Waals surface area contributed by atoms with E-state index in [0.717, 1.165) is 47.4 Å². The van der Waals surface area contributed by atoms with Crippen molar-refractivity contribution in [2.24, 2.45) is 0 Å². The van der Waals surface area contributed by atoms with Gasteiger partial charge in [-0.05, 0) is 43.0 Å². The van der Waals surface area contributed by atoms with Gasteiger partial charge in [0.25, 0.3) is 0 Å². The van der Waals surface area contributed by atoms with E-state index in [-0.39, 0.29) is 0 Å². The molecular weight excluding hydrogens is 280 g/mol. The van der Waals surface area contributed by atoms with Crippen molar-refractivity contribution in [3.05, 3.63) is 46.5 Å². The molecule has 2 aromatic heterocycles. The van der Waals surface area contributed by atoms with Gasteiger partial charge in [0.2, 0.25) is 0 Å². The summed E-state index contributed by atoms with van der Waals surface area (Å²) in [4.78, 5) is 8.90. The third kappa shape index (κ3) is 3.31. The van der Waals surface area contributed by atoms with E-state index in [1.54, 1.807) is 11.3 Å². The molecule has 0 aliphatic carbocycles. The fraction of sp³-hybridized carbons (Fsp3) is 0.250. The van der Waals surface area contributed by atoms with E-state index in [9.17, 15) is 0 Å². The number of nitrogens with two attached hydrogens (primary N) is 1. The third-order valence-electron chi connectivity index (χ3n) is 3.31. The van der Waals surface area contributed by atoms with E-state index in [1.165, 1.54) is 5.01 Å². The SMILES string of the molecule is Cc1csc(CCCNc2nccc3cc(N)ccc23)n1. The van der Waals surface area contributed by atoms with Gasteiger partial charge in [0, 0.05) is 41.3 Å². The van der Waals surface area contributed by atoms with Crippen LogP contribution in [0.25, 0.3) is 10.8 Å². The number of nitrogen functional groups attached to an aromatic ring is 1. The quantitative estimate of drug-likeness (QED) is 0.558. The molecule has 0 bridgehead atoms. The van der Waals surface area contributed by atoms with Gasteiger partial charge < -0.3 is 11.1 Å². The van der Waals surface area contributed by atoms with Gasteiger partial charge in [-0.3, -0.25) is 0 Å². The average molecular weight is 298 g/mol. The lowest BCUT2D eigenvalue weighted by Gasteiger charge is -2.08. The zero-order chi connectivity index (χ0) is 14.7. The fourth-order valence-electron chi connectivity index (χ4n) is 2.30. The molecule has 0 atom stereocenters. The molecule has 0 aliphatic rings. The summed E-state index contributed by atoms with van der Waals surface area (Å²) in [6, 6.07) is 7.88. The van der Waals surface area contributed by atoms with Crippen molar-refractivity contribution >= 4 is 33.6 Å². The number of nitrogens with one attached hydrogen (secondary N) is 1. The predicted octanol–water partition coefficient (Wildman–Crippen LogP) is 3.63. The lowest BCUT2D eigenvalue weighted by Crippen LogP contribution is -2.05. The third-order valence-corrected chi connectivity index (χ3v) is 4.34. The van der Waals surface area contributed by atoms with Crippen LogP contribution >= 0.6 is 11.3 Å². The summed E-state index contributed by atoms with van der Waals surface area (Å²) in [6.07, 6.45) is 3.86. The van der Waals surface area contributed by atoms with Gasteiger partial charge in [-0.25, -0.2) is 9.97 Å². The van der Waals surface area contributed by atoms with Gasteiger partial charge in [-0.15, -0.1) is 11.3 Å². The molecule has 3 N–H and O–H groups in total. The van der Waals surface area contributed by atoms with Gasteiger partial charge in [-0.2, -0.15) is 0 Å². The van der Waals surface area contributed by atoms with Crippen LogP contribution in [0, 0.1) is 6.92 Å². The number of thiazole rings is 1. The number of anilines is 2. The second-order valence-corrected chi connectivity index (χ2v) is 6.00. The van der Waals surface area contributed by atoms with Crippen molar-refractivity contribution in [2.45, 2.75) is 19.8 Å². The first-order valence-corrected chi connectivity index (χ1v) is 7.89. The van der Waals surface area contributed by atoms with Gasteiger partial charge in [0.15, 0.2) is 0 Å². The van der Waals surface area contributed by atoms with Gasteiger partial charge in [0.1, 0.15) is 5.82 Å². The maximum atomic E-state index is 5.82. The zero-order valence-corrected chi connectivity index (χ0v) is 12.8. The van der Waals surface area contributed by atoms with E-state index in [1.807, 2.05) is 37.4 Å².